The molecule has 2 aromatic rings. The SMILES string of the molecule is CC(CNS(=O)(=O)C(C)C)c1ccc(C(=O)c2ccccc2F)cc1. The molecule has 0 spiro atoms. The lowest BCUT2D eigenvalue weighted by Crippen LogP contribution is -2.33. The van der Waals surface area contributed by atoms with E-state index in [1.807, 2.05) is 6.92 Å². The third-order valence-electron chi connectivity index (χ3n) is 4.07. The predicted octanol–water partition coefficient (Wildman–Crippen LogP) is 3.49. The quantitative estimate of drug-likeness (QED) is 0.766. The lowest BCUT2D eigenvalue weighted by Gasteiger charge is -2.15. The summed E-state index contributed by atoms with van der Waals surface area (Å²) in [6.45, 7) is 5.42. The summed E-state index contributed by atoms with van der Waals surface area (Å²) in [7, 11) is -3.31. The Labute approximate surface area is 148 Å². The van der Waals surface area contributed by atoms with Gasteiger partial charge in [-0.25, -0.2) is 17.5 Å². The van der Waals surface area contributed by atoms with Crippen LogP contribution in [0.15, 0.2) is 48.5 Å². The molecular weight excluding hydrogens is 341 g/mol. The summed E-state index contributed by atoms with van der Waals surface area (Å²) in [5.41, 5.74) is 1.33. The average Bonchev–Trinajstić information content (AvgIpc) is 2.59. The zero-order valence-corrected chi connectivity index (χ0v) is 15.3. The Kier molecular flexibility index (Phi) is 6.08. The maximum Gasteiger partial charge on any atom is 0.213 e. The van der Waals surface area contributed by atoms with Crippen LogP contribution in [0.3, 0.4) is 0 Å². The lowest BCUT2D eigenvalue weighted by molar-refractivity contribution is 0.103. The number of halogens is 1. The highest BCUT2D eigenvalue weighted by Crippen LogP contribution is 2.18. The summed E-state index contributed by atoms with van der Waals surface area (Å²) in [6, 6.07) is 12.7. The van der Waals surface area contributed by atoms with E-state index in [1.165, 1.54) is 18.2 Å². The fourth-order valence-corrected chi connectivity index (χ4v) is 3.11. The van der Waals surface area contributed by atoms with E-state index in [9.17, 15) is 17.6 Å². The molecular formula is C19H22FNO3S. The Bertz CT molecular complexity index is 845. The first-order chi connectivity index (χ1) is 11.7. The van der Waals surface area contributed by atoms with Gasteiger partial charge >= 0.3 is 0 Å². The standard InChI is InChI=1S/C19H22FNO3S/c1-13(2)25(23,24)21-12-14(3)15-8-10-16(11-9-15)19(22)17-6-4-5-7-18(17)20/h4-11,13-14,21H,12H2,1-3H3. The van der Waals surface area contributed by atoms with Crippen LogP contribution in [0.4, 0.5) is 4.39 Å². The van der Waals surface area contributed by atoms with Crippen molar-refractivity contribution >= 4 is 15.8 Å². The third-order valence-corrected chi connectivity index (χ3v) is 5.88. The van der Waals surface area contributed by atoms with Crippen molar-refractivity contribution in [2.75, 3.05) is 6.54 Å². The number of carbonyl (C=O) groups excluding carboxylic acids is 1. The molecule has 6 heteroatoms. The van der Waals surface area contributed by atoms with Crippen molar-refractivity contribution in [3.63, 3.8) is 0 Å². The second-order valence-electron chi connectivity index (χ2n) is 6.27. The highest BCUT2D eigenvalue weighted by Gasteiger charge is 2.18. The van der Waals surface area contributed by atoms with Gasteiger partial charge in [0.25, 0.3) is 0 Å². The molecule has 0 aliphatic heterocycles. The molecule has 2 rings (SSSR count). The minimum absolute atomic E-state index is 0.0352. The van der Waals surface area contributed by atoms with Gasteiger partial charge in [-0.2, -0.15) is 0 Å². The summed E-state index contributed by atoms with van der Waals surface area (Å²) in [5, 5.41) is -0.486. The van der Waals surface area contributed by atoms with E-state index in [4.69, 9.17) is 0 Å². The fourth-order valence-electron chi connectivity index (χ4n) is 2.29. The molecule has 0 aromatic heterocycles. The second kappa shape index (κ2) is 7.89. The van der Waals surface area contributed by atoms with Gasteiger partial charge in [-0.3, -0.25) is 4.79 Å². The summed E-state index contributed by atoms with van der Waals surface area (Å²) in [6.07, 6.45) is 0. The first-order valence-electron chi connectivity index (χ1n) is 8.10. The summed E-state index contributed by atoms with van der Waals surface area (Å²) < 4.78 is 39.9. The van der Waals surface area contributed by atoms with Crippen molar-refractivity contribution in [1.29, 1.82) is 0 Å². The number of nitrogens with one attached hydrogen (secondary N) is 1. The maximum absolute atomic E-state index is 13.7. The predicted molar refractivity (Wildman–Crippen MR) is 96.7 cm³/mol. The van der Waals surface area contributed by atoms with Crippen molar-refractivity contribution < 1.29 is 17.6 Å². The number of benzene rings is 2. The smallest absolute Gasteiger partial charge is 0.213 e. The number of hydrogen-bond acceptors (Lipinski definition) is 3. The Morgan fingerprint density at radius 1 is 1.04 bits per heavy atom. The molecule has 0 aliphatic rings. The minimum atomic E-state index is -3.31. The molecule has 4 nitrogen and oxygen atoms in total. The second-order valence-corrected chi connectivity index (χ2v) is 8.60. The Morgan fingerprint density at radius 2 is 1.64 bits per heavy atom. The molecule has 0 bridgehead atoms. The van der Waals surface area contributed by atoms with E-state index in [2.05, 4.69) is 4.72 Å². The molecule has 0 saturated carbocycles. The van der Waals surface area contributed by atoms with Crippen LogP contribution in [0.2, 0.25) is 0 Å². The van der Waals surface area contributed by atoms with Crippen LogP contribution in [-0.4, -0.2) is 26.0 Å². The molecule has 1 N–H and O–H groups in total. The largest absolute Gasteiger partial charge is 0.288 e. The third kappa shape index (κ3) is 4.74. The van der Waals surface area contributed by atoms with Crippen molar-refractivity contribution in [3.8, 4) is 0 Å². The molecule has 0 saturated heterocycles. The lowest BCUT2D eigenvalue weighted by atomic mass is 9.97. The molecule has 0 radical (unpaired) electrons. The molecule has 1 atom stereocenters. The zero-order chi connectivity index (χ0) is 18.6. The topological polar surface area (TPSA) is 63.2 Å². The van der Waals surface area contributed by atoms with Gasteiger partial charge in [0.2, 0.25) is 10.0 Å². The van der Waals surface area contributed by atoms with Gasteiger partial charge in [0.1, 0.15) is 5.82 Å². The maximum atomic E-state index is 13.7. The molecule has 1 unspecified atom stereocenters. The highest BCUT2D eigenvalue weighted by molar-refractivity contribution is 7.90. The van der Waals surface area contributed by atoms with Gasteiger partial charge in [-0.1, -0.05) is 43.3 Å². The molecule has 0 aliphatic carbocycles. The van der Waals surface area contributed by atoms with E-state index >= 15 is 0 Å². The molecule has 2 aromatic carbocycles. The minimum Gasteiger partial charge on any atom is -0.288 e. The fraction of sp³-hybridized carbons (Fsp3) is 0.316. The van der Waals surface area contributed by atoms with Crippen LogP contribution >= 0.6 is 0 Å². The van der Waals surface area contributed by atoms with Gasteiger partial charge in [0, 0.05) is 12.1 Å². The highest BCUT2D eigenvalue weighted by atomic mass is 32.2. The monoisotopic (exact) mass is 363 g/mol. The molecule has 0 amide bonds. The van der Waals surface area contributed by atoms with Gasteiger partial charge < -0.3 is 0 Å². The molecule has 0 fully saturated rings. The molecule has 0 heterocycles. The van der Waals surface area contributed by atoms with Crippen LogP contribution in [0.25, 0.3) is 0 Å². The van der Waals surface area contributed by atoms with Crippen LogP contribution in [-0.2, 0) is 10.0 Å². The van der Waals surface area contributed by atoms with Crippen LogP contribution in [0.5, 0.6) is 0 Å². The van der Waals surface area contributed by atoms with E-state index in [0.717, 1.165) is 5.56 Å². The van der Waals surface area contributed by atoms with Crippen LogP contribution < -0.4 is 4.72 Å². The van der Waals surface area contributed by atoms with Gasteiger partial charge in [-0.15, -0.1) is 0 Å². The van der Waals surface area contributed by atoms with Crippen molar-refractivity contribution in [2.24, 2.45) is 0 Å². The van der Waals surface area contributed by atoms with E-state index in [0.29, 0.717) is 5.56 Å². The van der Waals surface area contributed by atoms with Gasteiger partial charge in [0.15, 0.2) is 5.78 Å². The summed E-state index contributed by atoms with van der Waals surface area (Å²) in [5.74, 6) is -0.975. The number of rotatable bonds is 7. The number of hydrogen-bond donors (Lipinski definition) is 1. The number of carbonyl (C=O) groups is 1. The Hall–Kier alpha value is -2.05. The van der Waals surface area contributed by atoms with Crippen LogP contribution in [0, 0.1) is 5.82 Å². The zero-order valence-electron chi connectivity index (χ0n) is 14.5. The summed E-state index contributed by atoms with van der Waals surface area (Å²) in [4.78, 5) is 12.3. The average molecular weight is 363 g/mol. The number of sulfonamides is 1. The normalized spacial score (nSPS) is 13.0. The van der Waals surface area contributed by atoms with Crippen molar-refractivity contribution in [3.05, 3.63) is 71.0 Å². The van der Waals surface area contributed by atoms with Gasteiger partial charge in [0.05, 0.1) is 10.8 Å². The van der Waals surface area contributed by atoms with Crippen LogP contribution in [0.1, 0.15) is 48.2 Å². The van der Waals surface area contributed by atoms with E-state index in [-0.39, 0.29) is 23.8 Å². The first kappa shape index (κ1) is 19.3. The van der Waals surface area contributed by atoms with Crippen molar-refractivity contribution in [2.45, 2.75) is 31.9 Å². The Balaban J connectivity index is 2.09. The summed E-state index contributed by atoms with van der Waals surface area (Å²) >= 11 is 0. The first-order valence-corrected chi connectivity index (χ1v) is 9.64. The van der Waals surface area contributed by atoms with E-state index in [1.54, 1.807) is 44.2 Å². The number of ketones is 1. The molecule has 134 valence electrons. The van der Waals surface area contributed by atoms with E-state index < -0.39 is 21.1 Å². The Morgan fingerprint density at radius 3 is 2.20 bits per heavy atom. The van der Waals surface area contributed by atoms with Crippen molar-refractivity contribution in [1.82, 2.24) is 4.72 Å². The van der Waals surface area contributed by atoms with Gasteiger partial charge in [-0.05, 0) is 37.5 Å². The molecule has 25 heavy (non-hydrogen) atoms.